The predicted octanol–water partition coefficient (Wildman–Crippen LogP) is 3.87. The summed E-state index contributed by atoms with van der Waals surface area (Å²) in [5.41, 5.74) is 3.07. The smallest absolute Gasteiger partial charge is 0.175 e. The third kappa shape index (κ3) is 3.41. The van der Waals surface area contributed by atoms with Crippen LogP contribution in [0.25, 0.3) is 22.4 Å². The maximum absolute atomic E-state index is 11.8. The summed E-state index contributed by atoms with van der Waals surface area (Å²) in [5, 5.41) is 0.365. The van der Waals surface area contributed by atoms with Crippen molar-refractivity contribution in [2.24, 2.45) is 0 Å². The van der Waals surface area contributed by atoms with E-state index in [9.17, 15) is 8.42 Å². The van der Waals surface area contributed by atoms with E-state index >= 15 is 0 Å². The number of hydrogen-bond donors (Lipinski definition) is 0. The molecule has 0 unspecified atom stereocenters. The molecular weight excluding hydrogens is 332 g/mol. The van der Waals surface area contributed by atoms with Gasteiger partial charge in [0, 0.05) is 41.0 Å². The molecule has 0 aliphatic rings. The fraction of sp³-hybridized carbons (Fsp3) is 0.0588. The summed E-state index contributed by atoms with van der Waals surface area (Å²) >= 11 is 6.11. The van der Waals surface area contributed by atoms with Crippen LogP contribution in [0, 0.1) is 0 Å². The first-order chi connectivity index (χ1) is 10.9. The van der Waals surface area contributed by atoms with Crippen LogP contribution in [0.1, 0.15) is 0 Å². The van der Waals surface area contributed by atoms with Gasteiger partial charge in [-0.1, -0.05) is 17.7 Å². The molecule has 0 fully saturated rings. The van der Waals surface area contributed by atoms with Crippen molar-refractivity contribution in [2.45, 2.75) is 4.90 Å². The fourth-order valence-corrected chi connectivity index (χ4v) is 3.29. The molecule has 0 aliphatic carbocycles. The SMILES string of the molecule is CS(=O)(=O)c1cc(Cl)cc(-c2cccnc2-c2cccnc2)c1. The quantitative estimate of drug-likeness (QED) is 0.723. The minimum absolute atomic E-state index is 0.181. The highest BCUT2D eigenvalue weighted by molar-refractivity contribution is 7.90. The highest BCUT2D eigenvalue weighted by atomic mass is 35.5. The minimum Gasteiger partial charge on any atom is -0.264 e. The molecule has 0 N–H and O–H groups in total. The zero-order valence-electron chi connectivity index (χ0n) is 12.3. The van der Waals surface area contributed by atoms with Crippen LogP contribution >= 0.6 is 11.6 Å². The van der Waals surface area contributed by atoms with Crippen LogP contribution in [0.5, 0.6) is 0 Å². The second-order valence-corrected chi connectivity index (χ2v) is 7.54. The minimum atomic E-state index is -3.35. The van der Waals surface area contributed by atoms with Gasteiger partial charge in [0.1, 0.15) is 0 Å². The van der Waals surface area contributed by atoms with Gasteiger partial charge in [0.15, 0.2) is 9.84 Å². The molecule has 1 aromatic carbocycles. The Bertz CT molecular complexity index is 957. The first-order valence-electron chi connectivity index (χ1n) is 6.81. The summed E-state index contributed by atoms with van der Waals surface area (Å²) in [6.07, 6.45) is 6.25. The summed E-state index contributed by atoms with van der Waals surface area (Å²) in [6.45, 7) is 0. The Kier molecular flexibility index (Phi) is 4.15. The number of pyridine rings is 2. The monoisotopic (exact) mass is 344 g/mol. The number of hydrogen-bond acceptors (Lipinski definition) is 4. The van der Waals surface area contributed by atoms with Gasteiger partial charge in [0.2, 0.25) is 0 Å². The van der Waals surface area contributed by atoms with Gasteiger partial charge in [-0.3, -0.25) is 9.97 Å². The van der Waals surface area contributed by atoms with Gasteiger partial charge in [-0.25, -0.2) is 8.42 Å². The van der Waals surface area contributed by atoms with Crippen molar-refractivity contribution in [3.8, 4) is 22.4 Å². The van der Waals surface area contributed by atoms with E-state index in [-0.39, 0.29) is 4.90 Å². The Morgan fingerprint density at radius 2 is 1.78 bits per heavy atom. The van der Waals surface area contributed by atoms with Gasteiger partial charge in [-0.15, -0.1) is 0 Å². The molecule has 6 heteroatoms. The van der Waals surface area contributed by atoms with E-state index in [0.717, 1.165) is 23.1 Å². The molecule has 0 saturated carbocycles. The molecule has 3 rings (SSSR count). The lowest BCUT2D eigenvalue weighted by molar-refractivity contribution is 0.602. The standard InChI is InChI=1S/C17H13ClN2O2S/c1-23(21,22)15-9-13(8-14(18)10-15)16-5-3-7-20-17(16)12-4-2-6-19-11-12/h2-11H,1H3. The van der Waals surface area contributed by atoms with E-state index in [1.54, 1.807) is 36.8 Å². The van der Waals surface area contributed by atoms with Crippen LogP contribution in [-0.4, -0.2) is 24.6 Å². The van der Waals surface area contributed by atoms with Crippen molar-refractivity contribution in [3.05, 3.63) is 66.1 Å². The molecule has 116 valence electrons. The Morgan fingerprint density at radius 1 is 1.00 bits per heavy atom. The number of aromatic nitrogens is 2. The van der Waals surface area contributed by atoms with Crippen LogP contribution in [0.4, 0.5) is 0 Å². The zero-order chi connectivity index (χ0) is 16.4. The zero-order valence-corrected chi connectivity index (χ0v) is 13.8. The molecule has 23 heavy (non-hydrogen) atoms. The Balaban J connectivity index is 2.23. The van der Waals surface area contributed by atoms with Gasteiger partial charge in [-0.2, -0.15) is 0 Å². The lowest BCUT2D eigenvalue weighted by atomic mass is 10.0. The van der Waals surface area contributed by atoms with Crippen molar-refractivity contribution < 1.29 is 8.42 Å². The van der Waals surface area contributed by atoms with E-state index in [1.165, 1.54) is 6.07 Å². The molecule has 0 bridgehead atoms. The van der Waals surface area contributed by atoms with Crippen LogP contribution in [0.3, 0.4) is 0 Å². The highest BCUT2D eigenvalue weighted by Crippen LogP contribution is 2.33. The van der Waals surface area contributed by atoms with Gasteiger partial charge in [0.25, 0.3) is 0 Å². The average molecular weight is 345 g/mol. The van der Waals surface area contributed by atoms with Gasteiger partial charge in [0.05, 0.1) is 10.6 Å². The van der Waals surface area contributed by atoms with Gasteiger partial charge >= 0.3 is 0 Å². The maximum Gasteiger partial charge on any atom is 0.175 e. The number of nitrogens with zero attached hydrogens (tertiary/aromatic N) is 2. The molecule has 3 aromatic rings. The van der Waals surface area contributed by atoms with Gasteiger partial charge in [-0.05, 0) is 42.0 Å². The van der Waals surface area contributed by atoms with Crippen molar-refractivity contribution in [2.75, 3.05) is 6.26 Å². The van der Waals surface area contributed by atoms with Crippen LogP contribution in [0.15, 0.2) is 66.0 Å². The normalized spacial score (nSPS) is 11.4. The molecule has 0 radical (unpaired) electrons. The second kappa shape index (κ2) is 6.10. The molecule has 2 aromatic heterocycles. The van der Waals surface area contributed by atoms with Crippen molar-refractivity contribution in [3.63, 3.8) is 0 Å². The third-order valence-corrected chi connectivity index (χ3v) is 4.66. The summed E-state index contributed by atoms with van der Waals surface area (Å²) in [5.74, 6) is 0. The molecule has 0 saturated heterocycles. The van der Waals surface area contributed by atoms with Crippen molar-refractivity contribution in [1.29, 1.82) is 0 Å². The number of benzene rings is 1. The summed E-state index contributed by atoms with van der Waals surface area (Å²) in [6, 6.07) is 12.2. The summed E-state index contributed by atoms with van der Waals surface area (Å²) in [4.78, 5) is 8.70. The number of halogens is 1. The first kappa shape index (κ1) is 15.6. The van der Waals surface area contributed by atoms with E-state index in [4.69, 9.17) is 11.6 Å². The van der Waals surface area contributed by atoms with E-state index in [0.29, 0.717) is 10.6 Å². The largest absolute Gasteiger partial charge is 0.264 e. The van der Waals surface area contributed by atoms with Crippen LogP contribution in [0.2, 0.25) is 5.02 Å². The molecule has 4 nitrogen and oxygen atoms in total. The van der Waals surface area contributed by atoms with Crippen LogP contribution in [-0.2, 0) is 9.84 Å². The molecule has 0 atom stereocenters. The molecule has 0 spiro atoms. The van der Waals surface area contributed by atoms with E-state index in [2.05, 4.69) is 9.97 Å². The lowest BCUT2D eigenvalue weighted by Crippen LogP contribution is -1.98. The fourth-order valence-electron chi connectivity index (χ4n) is 2.30. The maximum atomic E-state index is 11.8. The Labute approximate surface area is 139 Å². The summed E-state index contributed by atoms with van der Waals surface area (Å²) in [7, 11) is -3.35. The van der Waals surface area contributed by atoms with E-state index < -0.39 is 9.84 Å². The van der Waals surface area contributed by atoms with Crippen molar-refractivity contribution in [1.82, 2.24) is 9.97 Å². The lowest BCUT2D eigenvalue weighted by Gasteiger charge is -2.10. The molecule has 2 heterocycles. The highest BCUT2D eigenvalue weighted by Gasteiger charge is 2.14. The van der Waals surface area contributed by atoms with Gasteiger partial charge < -0.3 is 0 Å². The Hall–Kier alpha value is -2.24. The molecular formula is C17H13ClN2O2S. The first-order valence-corrected chi connectivity index (χ1v) is 9.08. The van der Waals surface area contributed by atoms with Crippen molar-refractivity contribution >= 4 is 21.4 Å². The third-order valence-electron chi connectivity index (χ3n) is 3.35. The summed E-state index contributed by atoms with van der Waals surface area (Å²) < 4.78 is 23.7. The number of rotatable bonds is 3. The predicted molar refractivity (Wildman–Crippen MR) is 91.0 cm³/mol. The second-order valence-electron chi connectivity index (χ2n) is 5.09. The van der Waals surface area contributed by atoms with E-state index in [1.807, 2.05) is 18.2 Å². The average Bonchev–Trinajstić information content (AvgIpc) is 2.54. The Morgan fingerprint density at radius 3 is 2.48 bits per heavy atom. The molecule has 0 aliphatic heterocycles. The number of sulfone groups is 1. The van der Waals surface area contributed by atoms with Crippen LogP contribution < -0.4 is 0 Å². The molecule has 0 amide bonds. The topological polar surface area (TPSA) is 59.9 Å².